The Morgan fingerprint density at radius 1 is 1.44 bits per heavy atom. The van der Waals surface area contributed by atoms with Crippen LogP contribution in [0.25, 0.3) is 0 Å². The minimum atomic E-state index is 0.788. The summed E-state index contributed by atoms with van der Waals surface area (Å²) in [5, 5.41) is 7.93. The number of aromatic nitrogens is 2. The number of rotatable bonds is 9. The van der Waals surface area contributed by atoms with Gasteiger partial charge >= 0.3 is 0 Å². The molecule has 1 aromatic heterocycles. The van der Waals surface area contributed by atoms with Gasteiger partial charge in [0.25, 0.3) is 0 Å². The summed E-state index contributed by atoms with van der Waals surface area (Å²) >= 11 is 0. The summed E-state index contributed by atoms with van der Waals surface area (Å²) in [4.78, 5) is 0. The number of unbranched alkanes of at least 4 members (excludes halogenated alkanes) is 1. The molecule has 1 saturated carbocycles. The van der Waals surface area contributed by atoms with Gasteiger partial charge in [-0.15, -0.1) is 0 Å². The van der Waals surface area contributed by atoms with E-state index in [1.165, 1.54) is 57.2 Å². The second-order valence-corrected chi connectivity index (χ2v) is 5.59. The SMILES string of the molecule is CCCNC(CCCCc1ccnn1C)C1CC1. The molecule has 18 heavy (non-hydrogen) atoms. The summed E-state index contributed by atoms with van der Waals surface area (Å²) in [5.74, 6) is 0.980. The first-order valence-electron chi connectivity index (χ1n) is 7.51. The number of hydrogen-bond acceptors (Lipinski definition) is 2. The average molecular weight is 249 g/mol. The van der Waals surface area contributed by atoms with Crippen LogP contribution < -0.4 is 5.32 Å². The monoisotopic (exact) mass is 249 g/mol. The molecular formula is C15H27N3. The van der Waals surface area contributed by atoms with Crippen molar-refractivity contribution >= 4 is 0 Å². The largest absolute Gasteiger partial charge is 0.314 e. The highest BCUT2D eigenvalue weighted by Gasteiger charge is 2.29. The molecule has 2 rings (SSSR count). The van der Waals surface area contributed by atoms with Gasteiger partial charge in [0.15, 0.2) is 0 Å². The topological polar surface area (TPSA) is 29.9 Å². The van der Waals surface area contributed by atoms with Crippen LogP contribution in [0.4, 0.5) is 0 Å². The molecule has 1 fully saturated rings. The summed E-state index contributed by atoms with van der Waals surface area (Å²) in [5.41, 5.74) is 1.36. The van der Waals surface area contributed by atoms with Gasteiger partial charge in [-0.25, -0.2) is 0 Å². The van der Waals surface area contributed by atoms with Crippen molar-refractivity contribution in [1.29, 1.82) is 0 Å². The van der Waals surface area contributed by atoms with Crippen molar-refractivity contribution in [3.05, 3.63) is 18.0 Å². The Balaban J connectivity index is 1.62. The molecule has 0 bridgehead atoms. The smallest absolute Gasteiger partial charge is 0.0492 e. The molecule has 1 unspecified atom stereocenters. The number of aryl methyl sites for hydroxylation is 2. The first kappa shape index (κ1) is 13.6. The molecule has 1 heterocycles. The van der Waals surface area contributed by atoms with Crippen molar-refractivity contribution in [2.75, 3.05) is 6.54 Å². The van der Waals surface area contributed by atoms with E-state index in [9.17, 15) is 0 Å². The van der Waals surface area contributed by atoms with Crippen LogP contribution in [0.3, 0.4) is 0 Å². The summed E-state index contributed by atoms with van der Waals surface area (Å²) in [6.45, 7) is 3.43. The van der Waals surface area contributed by atoms with Crippen molar-refractivity contribution in [3.8, 4) is 0 Å². The van der Waals surface area contributed by atoms with E-state index in [0.717, 1.165) is 12.0 Å². The van der Waals surface area contributed by atoms with Gasteiger partial charge in [0.1, 0.15) is 0 Å². The normalized spacial score (nSPS) is 17.0. The zero-order valence-corrected chi connectivity index (χ0v) is 11.9. The highest BCUT2D eigenvalue weighted by atomic mass is 15.2. The van der Waals surface area contributed by atoms with E-state index >= 15 is 0 Å². The molecule has 1 atom stereocenters. The van der Waals surface area contributed by atoms with Crippen molar-refractivity contribution in [2.24, 2.45) is 13.0 Å². The van der Waals surface area contributed by atoms with Gasteiger partial charge in [-0.3, -0.25) is 4.68 Å². The first-order chi connectivity index (χ1) is 8.81. The van der Waals surface area contributed by atoms with Gasteiger partial charge in [-0.1, -0.05) is 13.3 Å². The van der Waals surface area contributed by atoms with Crippen LogP contribution in [0.1, 0.15) is 51.1 Å². The van der Waals surface area contributed by atoms with Crippen LogP contribution in [0.5, 0.6) is 0 Å². The van der Waals surface area contributed by atoms with E-state index in [2.05, 4.69) is 23.4 Å². The van der Waals surface area contributed by atoms with Crippen LogP contribution >= 0.6 is 0 Å². The lowest BCUT2D eigenvalue weighted by Crippen LogP contribution is -2.31. The summed E-state index contributed by atoms with van der Waals surface area (Å²) in [7, 11) is 2.03. The predicted molar refractivity (Wildman–Crippen MR) is 75.6 cm³/mol. The van der Waals surface area contributed by atoms with Crippen molar-refractivity contribution in [2.45, 2.75) is 57.9 Å². The van der Waals surface area contributed by atoms with Gasteiger partial charge in [0, 0.05) is 25.0 Å². The van der Waals surface area contributed by atoms with E-state index in [1.807, 2.05) is 17.9 Å². The second kappa shape index (κ2) is 6.93. The summed E-state index contributed by atoms with van der Waals surface area (Å²) in [6, 6.07) is 2.92. The van der Waals surface area contributed by atoms with Crippen molar-refractivity contribution in [3.63, 3.8) is 0 Å². The van der Waals surface area contributed by atoms with Crippen LogP contribution in [-0.2, 0) is 13.5 Å². The van der Waals surface area contributed by atoms with E-state index in [1.54, 1.807) is 0 Å². The Morgan fingerprint density at radius 3 is 2.89 bits per heavy atom. The third kappa shape index (κ3) is 4.13. The molecule has 3 heteroatoms. The molecule has 1 aliphatic rings. The fourth-order valence-corrected chi connectivity index (χ4v) is 2.65. The standard InChI is InChI=1S/C15H27N3/c1-3-11-16-15(13-8-9-13)7-5-4-6-14-10-12-17-18(14)2/h10,12-13,15-16H,3-9,11H2,1-2H3. The van der Waals surface area contributed by atoms with Crippen LogP contribution in [0, 0.1) is 5.92 Å². The molecule has 1 aliphatic carbocycles. The molecule has 0 aromatic carbocycles. The van der Waals surface area contributed by atoms with E-state index < -0.39 is 0 Å². The fraction of sp³-hybridized carbons (Fsp3) is 0.800. The maximum Gasteiger partial charge on any atom is 0.0492 e. The zero-order chi connectivity index (χ0) is 12.8. The molecule has 3 nitrogen and oxygen atoms in total. The van der Waals surface area contributed by atoms with E-state index in [0.29, 0.717) is 0 Å². The Bertz CT molecular complexity index is 341. The van der Waals surface area contributed by atoms with E-state index in [-0.39, 0.29) is 0 Å². The quantitative estimate of drug-likeness (QED) is 0.682. The third-order valence-corrected chi connectivity index (χ3v) is 3.97. The Hall–Kier alpha value is -0.830. The highest BCUT2D eigenvalue weighted by molar-refractivity contribution is 4.99. The minimum absolute atomic E-state index is 0.788. The molecule has 0 radical (unpaired) electrons. The van der Waals surface area contributed by atoms with Crippen LogP contribution in [0.2, 0.25) is 0 Å². The third-order valence-electron chi connectivity index (χ3n) is 3.97. The van der Waals surface area contributed by atoms with Gasteiger partial charge in [-0.2, -0.15) is 5.10 Å². The molecule has 0 saturated heterocycles. The highest BCUT2D eigenvalue weighted by Crippen LogP contribution is 2.34. The van der Waals surface area contributed by atoms with Crippen LogP contribution in [0.15, 0.2) is 12.3 Å². The number of nitrogens with zero attached hydrogens (tertiary/aromatic N) is 2. The molecule has 0 amide bonds. The summed E-state index contributed by atoms with van der Waals surface area (Å²) in [6.07, 6.45) is 11.2. The van der Waals surface area contributed by atoms with E-state index in [4.69, 9.17) is 0 Å². The molecular weight excluding hydrogens is 222 g/mol. The lowest BCUT2D eigenvalue weighted by Gasteiger charge is -2.17. The molecule has 1 aromatic rings. The molecule has 0 aliphatic heterocycles. The van der Waals surface area contributed by atoms with Gasteiger partial charge < -0.3 is 5.32 Å². The lowest BCUT2D eigenvalue weighted by molar-refractivity contribution is 0.418. The van der Waals surface area contributed by atoms with Gasteiger partial charge in [0.05, 0.1) is 0 Å². The number of nitrogens with one attached hydrogen (secondary N) is 1. The summed E-state index contributed by atoms with van der Waals surface area (Å²) < 4.78 is 1.99. The average Bonchev–Trinajstić information content (AvgIpc) is 3.13. The van der Waals surface area contributed by atoms with Crippen molar-refractivity contribution < 1.29 is 0 Å². The molecule has 1 N–H and O–H groups in total. The van der Waals surface area contributed by atoms with Gasteiger partial charge in [-0.05, 0) is 57.1 Å². The maximum absolute atomic E-state index is 4.21. The first-order valence-corrected chi connectivity index (χ1v) is 7.51. The minimum Gasteiger partial charge on any atom is -0.314 e. The maximum atomic E-state index is 4.21. The Labute approximate surface area is 111 Å². The van der Waals surface area contributed by atoms with Gasteiger partial charge in [0.2, 0.25) is 0 Å². The molecule has 102 valence electrons. The van der Waals surface area contributed by atoms with Crippen molar-refractivity contribution in [1.82, 2.24) is 15.1 Å². The second-order valence-electron chi connectivity index (χ2n) is 5.59. The van der Waals surface area contributed by atoms with Crippen LogP contribution in [-0.4, -0.2) is 22.4 Å². The Morgan fingerprint density at radius 2 is 2.28 bits per heavy atom. The Kier molecular flexibility index (Phi) is 5.24. The fourth-order valence-electron chi connectivity index (χ4n) is 2.65. The molecule has 0 spiro atoms. The zero-order valence-electron chi connectivity index (χ0n) is 11.9. The number of hydrogen-bond donors (Lipinski definition) is 1. The lowest BCUT2D eigenvalue weighted by atomic mass is 10.0. The predicted octanol–water partition coefficient (Wildman–Crippen LogP) is 2.91.